The molecule has 6 atom stereocenters. The van der Waals surface area contributed by atoms with E-state index in [9.17, 15) is 20.4 Å². The zero-order valence-corrected chi connectivity index (χ0v) is 11.4. The molecule has 108 valence electrons. The normalized spacial score (nSPS) is 37.3. The molecule has 1 heterocycles. The van der Waals surface area contributed by atoms with Crippen molar-refractivity contribution in [2.75, 3.05) is 0 Å². The van der Waals surface area contributed by atoms with E-state index in [1.165, 1.54) is 6.92 Å². The molecule has 0 bridgehead atoms. The minimum absolute atomic E-state index is 0.238. The average molecular weight is 263 g/mol. The van der Waals surface area contributed by atoms with Gasteiger partial charge in [-0.1, -0.05) is 0 Å². The van der Waals surface area contributed by atoms with Crippen molar-refractivity contribution in [2.45, 2.75) is 76.4 Å². The first-order valence-corrected chi connectivity index (χ1v) is 6.30. The Morgan fingerprint density at radius 3 is 2.33 bits per heavy atom. The second-order valence-corrected chi connectivity index (χ2v) is 5.68. The summed E-state index contributed by atoms with van der Waals surface area (Å²) in [5, 5.41) is 42.0. The predicted octanol–water partition coefficient (Wildman–Crippen LogP) is -1.05. The van der Waals surface area contributed by atoms with Crippen LogP contribution in [0.5, 0.6) is 0 Å². The molecule has 0 aromatic heterocycles. The van der Waals surface area contributed by atoms with Crippen molar-refractivity contribution in [1.29, 1.82) is 0 Å². The number of ether oxygens (including phenoxy) is 1. The molecule has 0 aromatic carbocycles. The first kappa shape index (κ1) is 15.8. The van der Waals surface area contributed by atoms with Gasteiger partial charge in [-0.2, -0.15) is 0 Å². The summed E-state index contributed by atoms with van der Waals surface area (Å²) in [6.45, 7) is 6.67. The first-order valence-electron chi connectivity index (χ1n) is 6.30. The van der Waals surface area contributed by atoms with E-state index in [0.29, 0.717) is 0 Å². The molecule has 0 aliphatic carbocycles. The Balaban J connectivity index is 2.70. The van der Waals surface area contributed by atoms with Crippen molar-refractivity contribution >= 4 is 0 Å². The van der Waals surface area contributed by atoms with E-state index in [0.717, 1.165) is 0 Å². The topological polar surface area (TPSA) is 102 Å². The van der Waals surface area contributed by atoms with Crippen LogP contribution in [0.15, 0.2) is 0 Å². The van der Waals surface area contributed by atoms with Crippen LogP contribution in [0.2, 0.25) is 0 Å². The molecule has 1 aliphatic heterocycles. The summed E-state index contributed by atoms with van der Waals surface area (Å²) >= 11 is 0. The highest BCUT2D eigenvalue weighted by Crippen LogP contribution is 2.22. The maximum atomic E-state index is 10.00. The average Bonchev–Trinajstić information content (AvgIpc) is 2.23. The number of rotatable bonds is 4. The van der Waals surface area contributed by atoms with Crippen molar-refractivity contribution in [2.24, 2.45) is 0 Å². The zero-order chi connectivity index (χ0) is 14.1. The SMILES string of the molecule is CC(O)C(O)C(C)(C)N[C@@H]1C[C@H](O)OC(C)C1O. The quantitative estimate of drug-likeness (QED) is 0.444. The molecule has 1 fully saturated rings. The highest BCUT2D eigenvalue weighted by molar-refractivity contribution is 4.96. The summed E-state index contributed by atoms with van der Waals surface area (Å²) in [5.41, 5.74) is -0.781. The van der Waals surface area contributed by atoms with Crippen molar-refractivity contribution in [3.05, 3.63) is 0 Å². The van der Waals surface area contributed by atoms with Gasteiger partial charge in [0.2, 0.25) is 0 Å². The molecule has 0 saturated carbocycles. The second-order valence-electron chi connectivity index (χ2n) is 5.68. The fourth-order valence-electron chi connectivity index (χ4n) is 2.38. The molecule has 4 unspecified atom stereocenters. The van der Waals surface area contributed by atoms with Crippen LogP contribution in [0.4, 0.5) is 0 Å². The maximum absolute atomic E-state index is 10.00. The summed E-state index contributed by atoms with van der Waals surface area (Å²) in [7, 11) is 0. The van der Waals surface area contributed by atoms with Gasteiger partial charge in [-0.05, 0) is 27.7 Å². The highest BCUT2D eigenvalue weighted by atomic mass is 16.6. The van der Waals surface area contributed by atoms with Gasteiger partial charge in [0.05, 0.1) is 24.4 Å². The van der Waals surface area contributed by atoms with Crippen molar-refractivity contribution in [3.8, 4) is 0 Å². The Morgan fingerprint density at radius 1 is 1.28 bits per heavy atom. The third-order valence-corrected chi connectivity index (χ3v) is 3.47. The molecule has 0 amide bonds. The van der Waals surface area contributed by atoms with Crippen LogP contribution < -0.4 is 5.32 Å². The maximum Gasteiger partial charge on any atom is 0.156 e. The van der Waals surface area contributed by atoms with Gasteiger partial charge in [-0.25, -0.2) is 0 Å². The lowest BCUT2D eigenvalue weighted by molar-refractivity contribution is -0.206. The third-order valence-electron chi connectivity index (χ3n) is 3.47. The van der Waals surface area contributed by atoms with E-state index in [4.69, 9.17) is 4.74 Å². The van der Waals surface area contributed by atoms with Crippen molar-refractivity contribution < 1.29 is 25.2 Å². The van der Waals surface area contributed by atoms with Crippen molar-refractivity contribution in [3.63, 3.8) is 0 Å². The molecule has 1 rings (SSSR count). The van der Waals surface area contributed by atoms with Gasteiger partial charge >= 0.3 is 0 Å². The van der Waals surface area contributed by atoms with Crippen LogP contribution in [0.3, 0.4) is 0 Å². The predicted molar refractivity (Wildman–Crippen MR) is 65.9 cm³/mol. The fourth-order valence-corrected chi connectivity index (χ4v) is 2.38. The standard InChI is InChI=1S/C12H25NO5/c1-6(14)11(17)12(3,4)13-8-5-9(15)18-7(2)10(8)16/h6-11,13-17H,5H2,1-4H3/t6?,7?,8-,9-,10?,11?/m1/s1. The number of aliphatic hydroxyl groups excluding tert-OH is 4. The van der Waals surface area contributed by atoms with Gasteiger partial charge in [0, 0.05) is 18.0 Å². The van der Waals surface area contributed by atoms with Gasteiger partial charge in [0.25, 0.3) is 0 Å². The van der Waals surface area contributed by atoms with Crippen LogP contribution in [-0.2, 0) is 4.74 Å². The van der Waals surface area contributed by atoms with Crippen LogP contribution >= 0.6 is 0 Å². The number of nitrogens with one attached hydrogen (secondary N) is 1. The Hall–Kier alpha value is -0.240. The fraction of sp³-hybridized carbons (Fsp3) is 1.00. The summed E-state index contributed by atoms with van der Waals surface area (Å²) < 4.78 is 5.10. The lowest BCUT2D eigenvalue weighted by Gasteiger charge is -2.43. The van der Waals surface area contributed by atoms with Crippen molar-refractivity contribution in [1.82, 2.24) is 5.32 Å². The summed E-state index contributed by atoms with van der Waals surface area (Å²) in [6.07, 6.45) is -3.80. The van der Waals surface area contributed by atoms with E-state index < -0.39 is 42.3 Å². The van der Waals surface area contributed by atoms with E-state index in [1.807, 2.05) is 0 Å². The third kappa shape index (κ3) is 3.63. The molecule has 1 aliphatic rings. The smallest absolute Gasteiger partial charge is 0.156 e. The second kappa shape index (κ2) is 5.81. The Kier molecular flexibility index (Phi) is 5.11. The molecule has 0 spiro atoms. The molecule has 1 saturated heterocycles. The van der Waals surface area contributed by atoms with Crippen LogP contribution in [-0.4, -0.2) is 62.7 Å². The highest BCUT2D eigenvalue weighted by Gasteiger charge is 2.40. The van der Waals surface area contributed by atoms with E-state index in [-0.39, 0.29) is 6.42 Å². The van der Waals surface area contributed by atoms with Gasteiger partial charge in [0.15, 0.2) is 6.29 Å². The molecule has 6 heteroatoms. The molecule has 5 N–H and O–H groups in total. The molecule has 0 aromatic rings. The van der Waals surface area contributed by atoms with Gasteiger partial charge in [0.1, 0.15) is 0 Å². The number of aliphatic hydroxyl groups is 4. The summed E-state index contributed by atoms with van der Waals surface area (Å²) in [6, 6.07) is -0.396. The van der Waals surface area contributed by atoms with E-state index in [2.05, 4.69) is 5.32 Å². The van der Waals surface area contributed by atoms with Crippen LogP contribution in [0.1, 0.15) is 34.1 Å². The van der Waals surface area contributed by atoms with E-state index in [1.54, 1.807) is 20.8 Å². The lowest BCUT2D eigenvalue weighted by Crippen LogP contribution is -2.63. The molecule has 0 radical (unpaired) electrons. The Morgan fingerprint density at radius 2 is 1.83 bits per heavy atom. The van der Waals surface area contributed by atoms with Gasteiger partial charge in [-0.3, -0.25) is 0 Å². The molecule has 6 nitrogen and oxygen atoms in total. The number of hydrogen-bond acceptors (Lipinski definition) is 6. The minimum atomic E-state index is -0.972. The minimum Gasteiger partial charge on any atom is -0.391 e. The zero-order valence-electron chi connectivity index (χ0n) is 11.4. The largest absolute Gasteiger partial charge is 0.391 e. The number of hydrogen-bond donors (Lipinski definition) is 5. The molecular formula is C12H25NO5. The Labute approximate surface area is 108 Å². The van der Waals surface area contributed by atoms with Crippen LogP contribution in [0.25, 0.3) is 0 Å². The van der Waals surface area contributed by atoms with Gasteiger partial charge in [-0.15, -0.1) is 0 Å². The van der Waals surface area contributed by atoms with Crippen LogP contribution in [0, 0.1) is 0 Å². The van der Waals surface area contributed by atoms with E-state index >= 15 is 0 Å². The summed E-state index contributed by atoms with van der Waals surface area (Å²) in [5.74, 6) is 0. The monoisotopic (exact) mass is 263 g/mol. The lowest BCUT2D eigenvalue weighted by atomic mass is 9.89. The molecular weight excluding hydrogens is 238 g/mol. The molecule has 18 heavy (non-hydrogen) atoms. The van der Waals surface area contributed by atoms with Gasteiger partial charge < -0.3 is 30.5 Å². The first-order chi connectivity index (χ1) is 8.15. The Bertz CT molecular complexity index is 271. The summed E-state index contributed by atoms with van der Waals surface area (Å²) in [4.78, 5) is 0.